The summed E-state index contributed by atoms with van der Waals surface area (Å²) in [6.45, 7) is 14.1. The Morgan fingerprint density at radius 1 is 1.18 bits per heavy atom. The molecule has 1 saturated heterocycles. The lowest BCUT2D eigenvalue weighted by molar-refractivity contribution is 0.00696. The molecule has 4 unspecified atom stereocenters. The average Bonchev–Trinajstić information content (AvgIpc) is 3.37. The second kappa shape index (κ2) is 8.97. The van der Waals surface area contributed by atoms with Gasteiger partial charge in [-0.05, 0) is 75.0 Å². The molecule has 0 bridgehead atoms. The van der Waals surface area contributed by atoms with Crippen LogP contribution in [0.2, 0.25) is 0 Å². The van der Waals surface area contributed by atoms with Gasteiger partial charge in [0.2, 0.25) is 0 Å². The van der Waals surface area contributed by atoms with Gasteiger partial charge in [-0.15, -0.1) is 0 Å². The van der Waals surface area contributed by atoms with Crippen molar-refractivity contribution in [2.45, 2.75) is 90.8 Å². The Morgan fingerprint density at radius 2 is 1.91 bits per heavy atom. The minimum Gasteiger partial charge on any atom is -0.465 e. The van der Waals surface area contributed by atoms with Gasteiger partial charge < -0.3 is 25.0 Å². The number of likely N-dealkylation sites (tertiary alicyclic amines) is 1. The smallest absolute Gasteiger partial charge is 0.410 e. The lowest BCUT2D eigenvalue weighted by atomic mass is 9.77. The van der Waals surface area contributed by atoms with Crippen molar-refractivity contribution in [3.8, 4) is 0 Å². The molecule has 7 nitrogen and oxygen atoms in total. The van der Waals surface area contributed by atoms with E-state index in [1.54, 1.807) is 4.90 Å². The van der Waals surface area contributed by atoms with Crippen molar-refractivity contribution in [2.24, 2.45) is 11.3 Å². The Morgan fingerprint density at radius 3 is 2.56 bits per heavy atom. The molecule has 0 spiro atoms. The summed E-state index contributed by atoms with van der Waals surface area (Å²) in [5.74, 6) is 0.578. The zero-order chi connectivity index (χ0) is 24.8. The summed E-state index contributed by atoms with van der Waals surface area (Å²) in [5.41, 5.74) is 3.17. The lowest BCUT2D eigenvalue weighted by Gasteiger charge is -2.45. The van der Waals surface area contributed by atoms with E-state index in [4.69, 9.17) is 4.74 Å². The normalized spacial score (nSPS) is 26.5. The fraction of sp³-hybridized carbons (Fsp3) is 0.704. The van der Waals surface area contributed by atoms with Crippen LogP contribution in [0.25, 0.3) is 0 Å². The van der Waals surface area contributed by atoms with Crippen LogP contribution in [0.15, 0.2) is 18.2 Å². The number of ether oxygens (including phenoxy) is 1. The molecule has 188 valence electrons. The SMILES string of the molecule is CC(C)(C)OC(=O)N(CC1CCN(C(=O)O)C(C(C)(C)C)C1)C1CC1c1ccc2c(c1)CCN2. The summed E-state index contributed by atoms with van der Waals surface area (Å²) in [5, 5.41) is 13.1. The topological polar surface area (TPSA) is 82.1 Å². The van der Waals surface area contributed by atoms with Crippen molar-refractivity contribution in [2.75, 3.05) is 25.0 Å². The number of benzene rings is 1. The van der Waals surface area contributed by atoms with E-state index in [1.807, 2.05) is 25.7 Å². The van der Waals surface area contributed by atoms with E-state index in [2.05, 4.69) is 44.3 Å². The zero-order valence-corrected chi connectivity index (χ0v) is 21.6. The highest BCUT2D eigenvalue weighted by molar-refractivity contribution is 5.70. The van der Waals surface area contributed by atoms with E-state index >= 15 is 0 Å². The maximum absolute atomic E-state index is 13.3. The molecule has 2 heterocycles. The molecule has 1 aromatic rings. The van der Waals surface area contributed by atoms with Crippen LogP contribution < -0.4 is 5.32 Å². The summed E-state index contributed by atoms with van der Waals surface area (Å²) < 4.78 is 5.83. The monoisotopic (exact) mass is 471 g/mol. The zero-order valence-electron chi connectivity index (χ0n) is 21.6. The number of anilines is 1. The van der Waals surface area contributed by atoms with E-state index < -0.39 is 11.7 Å². The van der Waals surface area contributed by atoms with E-state index in [0.717, 1.165) is 32.2 Å². The van der Waals surface area contributed by atoms with Crippen molar-refractivity contribution in [1.82, 2.24) is 9.80 Å². The number of rotatable bonds is 4. The molecular weight excluding hydrogens is 430 g/mol. The van der Waals surface area contributed by atoms with Gasteiger partial charge in [-0.1, -0.05) is 32.9 Å². The van der Waals surface area contributed by atoms with E-state index in [1.165, 1.54) is 16.8 Å². The number of carbonyl (C=O) groups is 2. The highest BCUT2D eigenvalue weighted by Gasteiger charge is 2.48. The molecule has 4 rings (SSSR count). The number of piperidine rings is 1. The number of nitrogens with one attached hydrogen (secondary N) is 1. The Balaban J connectivity index is 1.51. The van der Waals surface area contributed by atoms with E-state index in [9.17, 15) is 14.7 Å². The molecule has 2 fully saturated rings. The molecule has 34 heavy (non-hydrogen) atoms. The first kappa shape index (κ1) is 24.7. The lowest BCUT2D eigenvalue weighted by Crippen LogP contribution is -2.53. The summed E-state index contributed by atoms with van der Waals surface area (Å²) >= 11 is 0. The third-order valence-electron chi connectivity index (χ3n) is 7.46. The predicted octanol–water partition coefficient (Wildman–Crippen LogP) is 5.55. The molecule has 2 N–H and O–H groups in total. The van der Waals surface area contributed by atoms with Crippen molar-refractivity contribution in [3.63, 3.8) is 0 Å². The summed E-state index contributed by atoms with van der Waals surface area (Å²) in [7, 11) is 0. The highest BCUT2D eigenvalue weighted by atomic mass is 16.6. The highest BCUT2D eigenvalue weighted by Crippen LogP contribution is 2.47. The predicted molar refractivity (Wildman–Crippen MR) is 133 cm³/mol. The largest absolute Gasteiger partial charge is 0.465 e. The van der Waals surface area contributed by atoms with Gasteiger partial charge in [0.1, 0.15) is 5.60 Å². The van der Waals surface area contributed by atoms with Crippen molar-refractivity contribution in [3.05, 3.63) is 29.3 Å². The number of fused-ring (bicyclic) bond motifs is 1. The van der Waals surface area contributed by atoms with Crippen LogP contribution in [0.4, 0.5) is 15.3 Å². The van der Waals surface area contributed by atoms with Gasteiger partial charge in [-0.25, -0.2) is 9.59 Å². The van der Waals surface area contributed by atoms with Gasteiger partial charge in [-0.3, -0.25) is 0 Å². The number of amides is 2. The second-order valence-corrected chi connectivity index (χ2v) is 12.4. The van der Waals surface area contributed by atoms with Gasteiger partial charge in [0, 0.05) is 43.3 Å². The van der Waals surface area contributed by atoms with E-state index in [0.29, 0.717) is 19.0 Å². The van der Waals surface area contributed by atoms with Crippen molar-refractivity contribution >= 4 is 17.9 Å². The molecule has 0 radical (unpaired) electrons. The first-order valence-electron chi connectivity index (χ1n) is 12.7. The van der Waals surface area contributed by atoms with Crippen molar-refractivity contribution in [1.29, 1.82) is 0 Å². The number of nitrogens with zero attached hydrogens (tertiary/aromatic N) is 2. The molecule has 1 aromatic carbocycles. The Bertz CT molecular complexity index is 933. The number of hydrogen-bond donors (Lipinski definition) is 2. The van der Waals surface area contributed by atoms with Crippen LogP contribution >= 0.6 is 0 Å². The Hall–Kier alpha value is -2.44. The quantitative estimate of drug-likeness (QED) is 0.601. The molecule has 2 aliphatic heterocycles. The van der Waals surface area contributed by atoms with Gasteiger partial charge in [0.25, 0.3) is 0 Å². The number of hydrogen-bond acceptors (Lipinski definition) is 4. The molecule has 1 aliphatic carbocycles. The summed E-state index contributed by atoms with van der Waals surface area (Å²) in [6.07, 6.45) is 2.41. The van der Waals surface area contributed by atoms with Crippen LogP contribution in [0.1, 0.15) is 77.8 Å². The van der Waals surface area contributed by atoms with Crippen LogP contribution in [0.5, 0.6) is 0 Å². The molecule has 4 atom stereocenters. The minimum absolute atomic E-state index is 0.0663. The van der Waals surface area contributed by atoms with Crippen LogP contribution in [-0.2, 0) is 11.2 Å². The van der Waals surface area contributed by atoms with Crippen LogP contribution in [-0.4, -0.2) is 64.4 Å². The molecule has 3 aliphatic rings. The molecule has 2 amide bonds. The molecule has 0 aromatic heterocycles. The van der Waals surface area contributed by atoms with Gasteiger partial charge in [0.15, 0.2) is 0 Å². The number of carbonyl (C=O) groups excluding carboxylic acids is 1. The first-order chi connectivity index (χ1) is 15.8. The third-order valence-corrected chi connectivity index (χ3v) is 7.46. The third kappa shape index (κ3) is 5.44. The number of carboxylic acid groups (broad SMARTS) is 1. The van der Waals surface area contributed by atoms with Crippen LogP contribution in [0.3, 0.4) is 0 Å². The van der Waals surface area contributed by atoms with Gasteiger partial charge in [0.05, 0.1) is 0 Å². The first-order valence-corrected chi connectivity index (χ1v) is 12.7. The van der Waals surface area contributed by atoms with E-state index in [-0.39, 0.29) is 29.5 Å². The fourth-order valence-electron chi connectivity index (χ4n) is 5.64. The second-order valence-electron chi connectivity index (χ2n) is 12.4. The Kier molecular flexibility index (Phi) is 6.51. The molecular formula is C27H41N3O4. The van der Waals surface area contributed by atoms with Gasteiger partial charge in [-0.2, -0.15) is 0 Å². The Labute approximate surface area is 203 Å². The van der Waals surface area contributed by atoms with Crippen molar-refractivity contribution < 1.29 is 19.4 Å². The molecule has 7 heteroatoms. The maximum Gasteiger partial charge on any atom is 0.410 e. The standard InChI is InChI=1S/C27H41N3O4/c1-26(2,3)23-13-17(10-12-29(23)24(31)32)16-30(25(33)34-27(4,5)6)22-15-20(22)18-7-8-21-19(14-18)9-11-28-21/h7-8,14,17,20,22-23,28H,9-13,15-16H2,1-6H3,(H,31,32). The average molecular weight is 472 g/mol. The fourth-order valence-corrected chi connectivity index (χ4v) is 5.64. The minimum atomic E-state index is -0.851. The molecule has 1 saturated carbocycles. The van der Waals surface area contributed by atoms with Gasteiger partial charge >= 0.3 is 12.2 Å². The summed E-state index contributed by atoms with van der Waals surface area (Å²) in [6, 6.07) is 6.72. The van der Waals surface area contributed by atoms with Crippen LogP contribution in [0, 0.1) is 11.3 Å². The maximum atomic E-state index is 13.3. The summed E-state index contributed by atoms with van der Waals surface area (Å²) in [4.78, 5) is 28.7.